The summed E-state index contributed by atoms with van der Waals surface area (Å²) >= 11 is 0. The number of carbonyl (C=O) groups is 2. The monoisotopic (exact) mass is 326 g/mol. The molecule has 0 unspecified atom stereocenters. The van der Waals surface area contributed by atoms with E-state index < -0.39 is 5.91 Å². The molecule has 2 rings (SSSR count). The van der Waals surface area contributed by atoms with Crippen molar-refractivity contribution in [1.29, 1.82) is 0 Å². The van der Waals surface area contributed by atoms with Crippen LogP contribution in [-0.2, 0) is 5.41 Å². The van der Waals surface area contributed by atoms with Crippen LogP contribution < -0.4 is 5.43 Å². The van der Waals surface area contributed by atoms with E-state index in [1.54, 1.807) is 24.3 Å². The van der Waals surface area contributed by atoms with E-state index in [2.05, 4.69) is 5.43 Å². The first-order valence-electron chi connectivity index (χ1n) is 7.68. The standard InChI is InChI=1S/C19H22N2O3/c1-19(2,3)15-11-7-5-9-13(15)17(23)20-21(4)18(24)14-10-6-8-12-16(14)22/h5-12,22H,1-4H3,(H,20,23). The Bertz CT molecular complexity index is 763. The van der Waals surface area contributed by atoms with Gasteiger partial charge >= 0.3 is 0 Å². The number of hydrogen-bond donors (Lipinski definition) is 2. The molecule has 24 heavy (non-hydrogen) atoms. The van der Waals surface area contributed by atoms with Gasteiger partial charge in [-0.3, -0.25) is 20.0 Å². The molecule has 2 N–H and O–H groups in total. The van der Waals surface area contributed by atoms with Crippen molar-refractivity contribution in [3.8, 4) is 5.75 Å². The summed E-state index contributed by atoms with van der Waals surface area (Å²) in [6.07, 6.45) is 0. The number of phenolic OH excluding ortho intramolecular Hbond substituents is 1. The Balaban J connectivity index is 2.22. The Hall–Kier alpha value is -2.82. The van der Waals surface area contributed by atoms with E-state index in [9.17, 15) is 14.7 Å². The van der Waals surface area contributed by atoms with Gasteiger partial charge in [0.25, 0.3) is 11.8 Å². The molecule has 5 heteroatoms. The maximum Gasteiger partial charge on any atom is 0.275 e. The predicted octanol–water partition coefficient (Wildman–Crippen LogP) is 3.11. The van der Waals surface area contributed by atoms with Crippen LogP contribution in [0.2, 0.25) is 0 Å². The van der Waals surface area contributed by atoms with Crippen molar-refractivity contribution in [2.45, 2.75) is 26.2 Å². The van der Waals surface area contributed by atoms with Crippen LogP contribution in [0.1, 0.15) is 47.1 Å². The maximum atomic E-state index is 12.6. The van der Waals surface area contributed by atoms with Crippen LogP contribution in [0.15, 0.2) is 48.5 Å². The van der Waals surface area contributed by atoms with E-state index in [-0.39, 0.29) is 22.6 Å². The summed E-state index contributed by atoms with van der Waals surface area (Å²) in [5, 5.41) is 10.9. The zero-order valence-corrected chi connectivity index (χ0v) is 14.3. The highest BCUT2D eigenvalue weighted by atomic mass is 16.3. The van der Waals surface area contributed by atoms with Gasteiger partial charge in [-0.05, 0) is 29.2 Å². The average molecular weight is 326 g/mol. The highest BCUT2D eigenvalue weighted by molar-refractivity contribution is 6.01. The van der Waals surface area contributed by atoms with E-state index in [0.29, 0.717) is 5.56 Å². The number of nitrogens with zero attached hydrogens (tertiary/aromatic N) is 1. The lowest BCUT2D eigenvalue weighted by molar-refractivity contribution is 0.0633. The normalized spacial score (nSPS) is 11.0. The number of amides is 2. The van der Waals surface area contributed by atoms with Gasteiger partial charge < -0.3 is 5.11 Å². The summed E-state index contributed by atoms with van der Waals surface area (Å²) in [6, 6.07) is 13.5. The molecule has 0 aliphatic rings. The first-order chi connectivity index (χ1) is 11.2. The minimum atomic E-state index is -0.491. The summed E-state index contributed by atoms with van der Waals surface area (Å²) in [6.45, 7) is 6.07. The second kappa shape index (κ2) is 6.74. The van der Waals surface area contributed by atoms with E-state index in [0.717, 1.165) is 10.6 Å². The van der Waals surface area contributed by atoms with Crippen molar-refractivity contribution in [3.63, 3.8) is 0 Å². The molecule has 0 aliphatic heterocycles. The fourth-order valence-corrected chi connectivity index (χ4v) is 2.43. The SMILES string of the molecule is CN(NC(=O)c1ccccc1C(C)(C)C)C(=O)c1ccccc1O. The molecular formula is C19H22N2O3. The van der Waals surface area contributed by atoms with Crippen molar-refractivity contribution >= 4 is 11.8 Å². The summed E-state index contributed by atoms with van der Waals surface area (Å²) in [4.78, 5) is 24.9. The third kappa shape index (κ3) is 3.74. The summed E-state index contributed by atoms with van der Waals surface area (Å²) in [7, 11) is 1.45. The van der Waals surface area contributed by atoms with Gasteiger partial charge in [0.05, 0.1) is 5.56 Å². The third-order valence-electron chi connectivity index (χ3n) is 3.69. The molecule has 0 bridgehead atoms. The highest BCUT2D eigenvalue weighted by Crippen LogP contribution is 2.25. The number of para-hydroxylation sites is 1. The van der Waals surface area contributed by atoms with Gasteiger partial charge in [-0.1, -0.05) is 51.1 Å². The van der Waals surface area contributed by atoms with Crippen LogP contribution in [0.4, 0.5) is 0 Å². The molecule has 5 nitrogen and oxygen atoms in total. The Morgan fingerprint density at radius 1 is 0.958 bits per heavy atom. The zero-order chi connectivity index (χ0) is 17.9. The molecule has 126 valence electrons. The van der Waals surface area contributed by atoms with E-state index in [1.165, 1.54) is 19.2 Å². The Kier molecular flexibility index (Phi) is 4.93. The van der Waals surface area contributed by atoms with Crippen molar-refractivity contribution in [3.05, 3.63) is 65.2 Å². The van der Waals surface area contributed by atoms with Gasteiger partial charge in [0.2, 0.25) is 0 Å². The molecule has 0 aliphatic carbocycles. The number of rotatable bonds is 2. The topological polar surface area (TPSA) is 69.6 Å². The largest absolute Gasteiger partial charge is 0.507 e. The van der Waals surface area contributed by atoms with Crippen LogP contribution in [0, 0.1) is 0 Å². The van der Waals surface area contributed by atoms with Crippen molar-refractivity contribution in [1.82, 2.24) is 10.4 Å². The number of nitrogens with one attached hydrogen (secondary N) is 1. The molecule has 0 saturated carbocycles. The molecule has 0 aromatic heterocycles. The van der Waals surface area contributed by atoms with E-state index in [1.807, 2.05) is 32.9 Å². The molecule has 0 saturated heterocycles. The lowest BCUT2D eigenvalue weighted by atomic mass is 9.83. The molecule has 2 aromatic carbocycles. The molecule has 0 spiro atoms. The van der Waals surface area contributed by atoms with Gasteiger partial charge in [-0.25, -0.2) is 0 Å². The zero-order valence-electron chi connectivity index (χ0n) is 14.3. The Morgan fingerprint density at radius 2 is 1.50 bits per heavy atom. The van der Waals surface area contributed by atoms with Gasteiger partial charge in [0, 0.05) is 12.6 Å². The fourth-order valence-electron chi connectivity index (χ4n) is 2.43. The maximum absolute atomic E-state index is 12.6. The van der Waals surface area contributed by atoms with Gasteiger partial charge in [0.15, 0.2) is 0 Å². The second-order valence-corrected chi connectivity index (χ2v) is 6.62. The second-order valence-electron chi connectivity index (χ2n) is 6.62. The molecule has 0 radical (unpaired) electrons. The first-order valence-corrected chi connectivity index (χ1v) is 7.68. The predicted molar refractivity (Wildman–Crippen MR) is 92.8 cm³/mol. The first kappa shape index (κ1) is 17.5. The average Bonchev–Trinajstić information content (AvgIpc) is 2.53. The van der Waals surface area contributed by atoms with Crippen LogP contribution in [0.5, 0.6) is 5.75 Å². The number of carbonyl (C=O) groups excluding carboxylic acids is 2. The van der Waals surface area contributed by atoms with Crippen LogP contribution in [-0.4, -0.2) is 29.0 Å². The lowest BCUT2D eigenvalue weighted by Crippen LogP contribution is -2.44. The van der Waals surface area contributed by atoms with Gasteiger partial charge in [-0.15, -0.1) is 0 Å². The lowest BCUT2D eigenvalue weighted by Gasteiger charge is -2.24. The highest BCUT2D eigenvalue weighted by Gasteiger charge is 2.23. The molecule has 2 aromatic rings. The number of hydrazine groups is 1. The molecule has 0 atom stereocenters. The number of hydrogen-bond acceptors (Lipinski definition) is 3. The molecule has 0 fully saturated rings. The fraction of sp³-hybridized carbons (Fsp3) is 0.263. The summed E-state index contributed by atoms with van der Waals surface area (Å²) < 4.78 is 0. The van der Waals surface area contributed by atoms with Gasteiger partial charge in [0.1, 0.15) is 5.75 Å². The van der Waals surface area contributed by atoms with Crippen LogP contribution >= 0.6 is 0 Å². The summed E-state index contributed by atoms with van der Waals surface area (Å²) in [5.41, 5.74) is 3.91. The van der Waals surface area contributed by atoms with E-state index in [4.69, 9.17) is 0 Å². The number of aromatic hydroxyl groups is 1. The number of benzene rings is 2. The molecular weight excluding hydrogens is 304 g/mol. The van der Waals surface area contributed by atoms with Crippen molar-refractivity contribution in [2.24, 2.45) is 0 Å². The van der Waals surface area contributed by atoms with E-state index >= 15 is 0 Å². The minimum absolute atomic E-state index is 0.126. The Morgan fingerprint density at radius 3 is 2.08 bits per heavy atom. The molecule has 0 heterocycles. The number of phenols is 1. The molecule has 2 amide bonds. The smallest absolute Gasteiger partial charge is 0.275 e. The van der Waals surface area contributed by atoms with Crippen molar-refractivity contribution in [2.75, 3.05) is 7.05 Å². The summed E-state index contributed by atoms with van der Waals surface area (Å²) in [5.74, 6) is -0.986. The van der Waals surface area contributed by atoms with Gasteiger partial charge in [-0.2, -0.15) is 0 Å². The van der Waals surface area contributed by atoms with Crippen LogP contribution in [0.25, 0.3) is 0 Å². The quantitative estimate of drug-likeness (QED) is 0.833. The Labute approximate surface area is 141 Å². The third-order valence-corrected chi connectivity index (χ3v) is 3.69. The minimum Gasteiger partial charge on any atom is -0.507 e. The van der Waals surface area contributed by atoms with Crippen molar-refractivity contribution < 1.29 is 14.7 Å². The van der Waals surface area contributed by atoms with Crippen LogP contribution in [0.3, 0.4) is 0 Å².